The second kappa shape index (κ2) is 8.43. The molecule has 0 spiro atoms. The zero-order valence-corrected chi connectivity index (χ0v) is 18.4. The van der Waals surface area contributed by atoms with Crippen LogP contribution >= 0.6 is 11.6 Å². The number of nitrogens with zero attached hydrogens (tertiary/aromatic N) is 6. The topological polar surface area (TPSA) is 93.5 Å². The van der Waals surface area contributed by atoms with Gasteiger partial charge in [-0.3, -0.25) is 4.79 Å². The Balaban J connectivity index is 1.32. The van der Waals surface area contributed by atoms with Gasteiger partial charge in [-0.15, -0.1) is 0 Å². The van der Waals surface area contributed by atoms with Gasteiger partial charge in [-0.25, -0.2) is 14.2 Å². The van der Waals surface area contributed by atoms with Gasteiger partial charge in [0.2, 0.25) is 0 Å². The van der Waals surface area contributed by atoms with E-state index < -0.39 is 11.8 Å². The second-order valence-electron chi connectivity index (χ2n) is 8.08. The molecule has 0 unspecified atom stereocenters. The molecule has 9 nitrogen and oxygen atoms in total. The number of carbonyl (C=O) groups is 2. The Bertz CT molecular complexity index is 1210. The first-order chi connectivity index (χ1) is 16.0. The van der Waals surface area contributed by atoms with Crippen LogP contribution in [0.5, 0.6) is 0 Å². The van der Waals surface area contributed by atoms with Gasteiger partial charge in [0.1, 0.15) is 22.9 Å². The van der Waals surface area contributed by atoms with Crippen molar-refractivity contribution in [2.45, 2.75) is 0 Å². The number of benzene rings is 1. The minimum atomic E-state index is -0.603. The average Bonchev–Trinajstić information content (AvgIpc) is 3.55. The number of halogens is 2. The largest absolute Gasteiger partial charge is 0.464 e. The van der Waals surface area contributed by atoms with E-state index in [1.165, 1.54) is 36.4 Å². The molecule has 2 fully saturated rings. The lowest BCUT2D eigenvalue weighted by Crippen LogP contribution is -2.34. The Hall–Kier alpha value is -3.53. The van der Waals surface area contributed by atoms with Crippen molar-refractivity contribution in [1.82, 2.24) is 24.9 Å². The van der Waals surface area contributed by atoms with E-state index >= 15 is 0 Å². The molecule has 3 aromatic rings. The average molecular weight is 471 g/mol. The number of methoxy groups -OCH3 is 1. The summed E-state index contributed by atoms with van der Waals surface area (Å²) in [7, 11) is 1.28. The molecule has 1 amide bonds. The smallest absolute Gasteiger partial charge is 0.358 e. The molecular weight excluding hydrogens is 451 g/mol. The third kappa shape index (κ3) is 3.80. The van der Waals surface area contributed by atoms with E-state index in [0.29, 0.717) is 37.7 Å². The van der Waals surface area contributed by atoms with Crippen molar-refractivity contribution < 1.29 is 18.7 Å². The third-order valence-electron chi connectivity index (χ3n) is 6.15. The van der Waals surface area contributed by atoms with Crippen molar-refractivity contribution in [3.63, 3.8) is 0 Å². The van der Waals surface area contributed by atoms with E-state index in [2.05, 4.69) is 20.1 Å². The number of esters is 1. The third-order valence-corrected chi connectivity index (χ3v) is 6.45. The summed E-state index contributed by atoms with van der Waals surface area (Å²) in [6.45, 7) is 2.32. The quantitative estimate of drug-likeness (QED) is 0.541. The first kappa shape index (κ1) is 21.3. The summed E-state index contributed by atoms with van der Waals surface area (Å²) in [5, 5.41) is 8.31. The fourth-order valence-electron chi connectivity index (χ4n) is 4.58. The zero-order chi connectivity index (χ0) is 23.1. The highest BCUT2D eigenvalue weighted by molar-refractivity contribution is 6.33. The number of likely N-dealkylation sites (tertiary alicyclic amines) is 1. The van der Waals surface area contributed by atoms with Crippen molar-refractivity contribution in [2.75, 3.05) is 38.2 Å². The van der Waals surface area contributed by atoms with Gasteiger partial charge in [0, 0.05) is 38.0 Å². The fourth-order valence-corrected chi connectivity index (χ4v) is 4.77. The summed E-state index contributed by atoms with van der Waals surface area (Å²) in [5.74, 6) is -0.538. The number of hydrogen-bond donors (Lipinski definition) is 0. The van der Waals surface area contributed by atoms with Crippen LogP contribution in [-0.4, -0.2) is 70.0 Å². The SMILES string of the molecule is COC(=O)c1nc(N2C[C@H]3CN(C(=O)c4c(F)cccc4-n4nccn4)C[C@H]3C2)ccc1Cl. The summed E-state index contributed by atoms with van der Waals surface area (Å²) >= 11 is 6.08. The highest BCUT2D eigenvalue weighted by Crippen LogP contribution is 2.35. The molecule has 0 radical (unpaired) electrons. The van der Waals surface area contributed by atoms with Gasteiger partial charge in [-0.2, -0.15) is 15.0 Å². The first-order valence-corrected chi connectivity index (χ1v) is 10.8. The molecule has 0 bridgehead atoms. The van der Waals surface area contributed by atoms with E-state index in [4.69, 9.17) is 16.3 Å². The molecule has 4 heterocycles. The molecule has 2 atom stereocenters. The van der Waals surface area contributed by atoms with Crippen LogP contribution in [0.4, 0.5) is 10.2 Å². The lowest BCUT2D eigenvalue weighted by molar-refractivity contribution is 0.0594. The Morgan fingerprint density at radius 2 is 1.76 bits per heavy atom. The van der Waals surface area contributed by atoms with Crippen molar-refractivity contribution in [3.05, 3.63) is 64.8 Å². The van der Waals surface area contributed by atoms with E-state index in [9.17, 15) is 14.0 Å². The Kier molecular flexibility index (Phi) is 5.45. The van der Waals surface area contributed by atoms with Crippen LogP contribution in [0.1, 0.15) is 20.8 Å². The number of anilines is 1. The monoisotopic (exact) mass is 470 g/mol. The van der Waals surface area contributed by atoms with Crippen molar-refractivity contribution in [2.24, 2.45) is 11.8 Å². The summed E-state index contributed by atoms with van der Waals surface area (Å²) in [5.41, 5.74) is 0.349. The lowest BCUT2D eigenvalue weighted by atomic mass is 10.0. The molecule has 1 aromatic carbocycles. The molecule has 2 aliphatic rings. The predicted octanol–water partition coefficient (Wildman–Crippen LogP) is 2.45. The molecule has 0 saturated carbocycles. The Morgan fingerprint density at radius 1 is 1.06 bits per heavy atom. The molecule has 5 rings (SSSR count). The molecule has 0 aliphatic carbocycles. The summed E-state index contributed by atoms with van der Waals surface area (Å²) in [4.78, 5) is 34.6. The Morgan fingerprint density at radius 3 is 2.42 bits per heavy atom. The van der Waals surface area contributed by atoms with Crippen LogP contribution in [0, 0.1) is 17.7 Å². The highest BCUT2D eigenvalue weighted by atomic mass is 35.5. The summed E-state index contributed by atoms with van der Waals surface area (Å²) in [6.07, 6.45) is 2.95. The molecule has 170 valence electrons. The van der Waals surface area contributed by atoms with Gasteiger partial charge in [0.15, 0.2) is 5.69 Å². The number of hydrogen-bond acceptors (Lipinski definition) is 7. The van der Waals surface area contributed by atoms with Gasteiger partial charge >= 0.3 is 5.97 Å². The molecule has 2 saturated heterocycles. The molecule has 0 N–H and O–H groups in total. The van der Waals surface area contributed by atoms with Crippen molar-refractivity contribution in [3.8, 4) is 5.69 Å². The standard InChI is InChI=1S/C22H20ClFN6O3/c1-33-22(32)20-15(23)5-6-18(27-20)28-9-13-11-29(12-14(13)10-28)21(31)19-16(24)3-2-4-17(19)30-25-7-8-26-30/h2-8,13-14H,9-12H2,1H3/t13-,14+. The maximum atomic E-state index is 14.7. The summed E-state index contributed by atoms with van der Waals surface area (Å²) in [6, 6.07) is 7.82. The number of amides is 1. The highest BCUT2D eigenvalue weighted by Gasteiger charge is 2.43. The van der Waals surface area contributed by atoms with Gasteiger partial charge in [-0.05, 0) is 24.3 Å². The number of carbonyl (C=O) groups excluding carboxylic acids is 2. The van der Waals surface area contributed by atoms with Crippen molar-refractivity contribution >= 4 is 29.3 Å². The van der Waals surface area contributed by atoms with Crippen LogP contribution in [0.2, 0.25) is 5.02 Å². The van der Waals surface area contributed by atoms with E-state index in [1.807, 2.05) is 0 Å². The van der Waals surface area contributed by atoms with E-state index in [-0.39, 0.29) is 34.0 Å². The fraction of sp³-hybridized carbons (Fsp3) is 0.318. The Labute approximate surface area is 193 Å². The first-order valence-electron chi connectivity index (χ1n) is 10.4. The van der Waals surface area contributed by atoms with Crippen LogP contribution in [-0.2, 0) is 4.74 Å². The molecule has 2 aromatic heterocycles. The number of ether oxygens (including phenoxy) is 1. The van der Waals surface area contributed by atoms with Gasteiger partial charge in [-0.1, -0.05) is 17.7 Å². The van der Waals surface area contributed by atoms with E-state index in [0.717, 1.165) is 0 Å². The van der Waals surface area contributed by atoms with E-state index in [1.54, 1.807) is 23.1 Å². The number of fused-ring (bicyclic) bond motifs is 1. The molecule has 2 aliphatic heterocycles. The van der Waals surface area contributed by atoms with Gasteiger partial charge < -0.3 is 14.5 Å². The maximum absolute atomic E-state index is 14.7. The predicted molar refractivity (Wildman–Crippen MR) is 117 cm³/mol. The minimum absolute atomic E-state index is 0.0346. The number of aromatic nitrogens is 4. The number of pyridine rings is 1. The normalized spacial score (nSPS) is 19.6. The van der Waals surface area contributed by atoms with Gasteiger partial charge in [0.05, 0.1) is 24.5 Å². The van der Waals surface area contributed by atoms with Crippen LogP contribution in [0.25, 0.3) is 5.69 Å². The van der Waals surface area contributed by atoms with Crippen molar-refractivity contribution in [1.29, 1.82) is 0 Å². The molecule has 11 heteroatoms. The zero-order valence-electron chi connectivity index (χ0n) is 17.7. The summed E-state index contributed by atoms with van der Waals surface area (Å²) < 4.78 is 19.5. The lowest BCUT2D eigenvalue weighted by Gasteiger charge is -2.23. The van der Waals surface area contributed by atoms with Gasteiger partial charge in [0.25, 0.3) is 5.91 Å². The maximum Gasteiger partial charge on any atom is 0.358 e. The molecular formula is C22H20ClFN6O3. The van der Waals surface area contributed by atoms with Crippen LogP contribution < -0.4 is 4.90 Å². The number of rotatable bonds is 4. The second-order valence-corrected chi connectivity index (χ2v) is 8.49. The van der Waals surface area contributed by atoms with Crippen LogP contribution in [0.3, 0.4) is 0 Å². The molecule has 33 heavy (non-hydrogen) atoms. The van der Waals surface area contributed by atoms with Crippen LogP contribution in [0.15, 0.2) is 42.7 Å². The minimum Gasteiger partial charge on any atom is -0.464 e.